The molecule has 0 heterocycles. The second-order valence-corrected chi connectivity index (χ2v) is 13.1. The molecule has 10 nitrogen and oxygen atoms in total. The molecule has 0 fully saturated rings. The van der Waals surface area contributed by atoms with Gasteiger partial charge in [0.1, 0.15) is 11.8 Å². The quantitative estimate of drug-likeness (QED) is 0.218. The minimum Gasteiger partial charge on any atom is -0.497 e. The average molecular weight is 605 g/mol. The van der Waals surface area contributed by atoms with Gasteiger partial charge in [0.25, 0.3) is 0 Å². The molecule has 0 aliphatic carbocycles. The van der Waals surface area contributed by atoms with Crippen LogP contribution in [-0.4, -0.2) is 81.1 Å². The van der Waals surface area contributed by atoms with E-state index < -0.39 is 40.2 Å². The first-order valence-corrected chi connectivity index (χ1v) is 15.9. The fraction of sp³-hybridized carbons (Fsp3) is 0.548. The van der Waals surface area contributed by atoms with E-state index in [-0.39, 0.29) is 42.1 Å². The van der Waals surface area contributed by atoms with Crippen LogP contribution in [0.2, 0.25) is 0 Å². The number of carbonyl (C=O) groups excluding carboxylic acids is 2. The van der Waals surface area contributed by atoms with Crippen molar-refractivity contribution in [3.05, 3.63) is 60.2 Å². The largest absolute Gasteiger partial charge is 0.497 e. The summed E-state index contributed by atoms with van der Waals surface area (Å²) in [7, 11) is -0.803. The Morgan fingerprint density at radius 1 is 0.929 bits per heavy atom. The molecule has 11 heteroatoms. The molecule has 2 aromatic carbocycles. The number of hydrogen-bond acceptors (Lipinski definition) is 7. The number of ether oxygens (including phenoxy) is 1. The number of methoxy groups -OCH3 is 1. The van der Waals surface area contributed by atoms with E-state index in [4.69, 9.17) is 4.74 Å². The Hall–Kier alpha value is -2.99. The van der Waals surface area contributed by atoms with Gasteiger partial charge in [0, 0.05) is 13.1 Å². The van der Waals surface area contributed by atoms with Crippen molar-refractivity contribution in [1.29, 1.82) is 0 Å². The molecular weight excluding hydrogens is 556 g/mol. The zero-order valence-corrected chi connectivity index (χ0v) is 26.6. The highest BCUT2D eigenvalue weighted by molar-refractivity contribution is 7.89. The molecule has 2 aromatic rings. The summed E-state index contributed by atoms with van der Waals surface area (Å²) >= 11 is 0. The SMILES string of the molecule is CCC(C)[C@H](NC(=O)[C@@H](C)NC)C(=O)N[C@@H](Cc1ccccc1)[C@H](O)CN(CC(C)C)S(=O)(=O)c1ccc(OC)cc1. The number of hydrogen-bond donors (Lipinski definition) is 4. The lowest BCUT2D eigenvalue weighted by atomic mass is 9.95. The van der Waals surface area contributed by atoms with Crippen LogP contribution < -0.4 is 20.7 Å². The summed E-state index contributed by atoms with van der Waals surface area (Å²) in [5, 5.41) is 20.2. The van der Waals surface area contributed by atoms with E-state index in [1.54, 1.807) is 26.1 Å². The van der Waals surface area contributed by atoms with E-state index in [9.17, 15) is 23.1 Å². The highest BCUT2D eigenvalue weighted by Gasteiger charge is 2.34. The van der Waals surface area contributed by atoms with Gasteiger partial charge in [0.05, 0.1) is 30.2 Å². The van der Waals surface area contributed by atoms with Crippen LogP contribution in [0.4, 0.5) is 0 Å². The Kier molecular flexibility index (Phi) is 13.9. The van der Waals surface area contributed by atoms with E-state index in [0.717, 1.165) is 5.56 Å². The summed E-state index contributed by atoms with van der Waals surface area (Å²) in [4.78, 5) is 26.4. The molecule has 2 rings (SSSR count). The first kappa shape index (κ1) is 35.2. The molecule has 0 saturated carbocycles. The zero-order chi connectivity index (χ0) is 31.4. The molecule has 0 radical (unpaired) electrons. The first-order valence-electron chi connectivity index (χ1n) is 14.5. The van der Waals surface area contributed by atoms with Gasteiger partial charge in [-0.15, -0.1) is 0 Å². The maximum absolute atomic E-state index is 13.7. The summed E-state index contributed by atoms with van der Waals surface area (Å²) < 4.78 is 33.8. The number of aliphatic hydroxyl groups is 1. The maximum atomic E-state index is 13.7. The Morgan fingerprint density at radius 3 is 2.07 bits per heavy atom. The van der Waals surface area contributed by atoms with Crippen LogP contribution in [0.15, 0.2) is 59.5 Å². The highest BCUT2D eigenvalue weighted by atomic mass is 32.2. The number of nitrogens with zero attached hydrogens (tertiary/aromatic N) is 1. The Balaban J connectivity index is 2.39. The average Bonchev–Trinajstić information content (AvgIpc) is 2.98. The molecule has 42 heavy (non-hydrogen) atoms. The fourth-order valence-corrected chi connectivity index (χ4v) is 6.07. The van der Waals surface area contributed by atoms with Crippen LogP contribution in [0, 0.1) is 11.8 Å². The number of likely N-dealkylation sites (N-methyl/N-ethyl adjacent to an activating group) is 1. The van der Waals surface area contributed by atoms with Crippen LogP contribution >= 0.6 is 0 Å². The molecule has 5 atom stereocenters. The van der Waals surface area contributed by atoms with Crippen LogP contribution in [0.1, 0.15) is 46.6 Å². The Bertz CT molecular complexity index is 1220. The molecule has 0 spiro atoms. The van der Waals surface area contributed by atoms with E-state index in [1.807, 2.05) is 58.0 Å². The van der Waals surface area contributed by atoms with Crippen molar-refractivity contribution >= 4 is 21.8 Å². The van der Waals surface area contributed by atoms with Gasteiger partial charge in [0.15, 0.2) is 0 Å². The lowest BCUT2D eigenvalue weighted by Crippen LogP contribution is -2.58. The van der Waals surface area contributed by atoms with Gasteiger partial charge >= 0.3 is 0 Å². The molecule has 0 bridgehead atoms. The predicted octanol–water partition coefficient (Wildman–Crippen LogP) is 2.57. The number of nitrogens with one attached hydrogen (secondary N) is 3. The van der Waals surface area contributed by atoms with Gasteiger partial charge in [-0.3, -0.25) is 9.59 Å². The third-order valence-corrected chi connectivity index (χ3v) is 9.21. The van der Waals surface area contributed by atoms with Crippen molar-refractivity contribution < 1.29 is 27.9 Å². The number of aliphatic hydroxyl groups excluding tert-OH is 1. The van der Waals surface area contributed by atoms with Gasteiger partial charge in [-0.05, 0) is 62.1 Å². The minimum atomic E-state index is -3.97. The third kappa shape index (κ3) is 10.1. The first-order chi connectivity index (χ1) is 19.8. The summed E-state index contributed by atoms with van der Waals surface area (Å²) in [5.74, 6) is -0.421. The molecule has 0 aliphatic heterocycles. The number of sulfonamides is 1. The van der Waals surface area contributed by atoms with Gasteiger partial charge < -0.3 is 25.8 Å². The number of rotatable bonds is 17. The Labute approximate surface area is 251 Å². The third-order valence-electron chi connectivity index (χ3n) is 7.37. The van der Waals surface area contributed by atoms with Crippen LogP contribution in [0.5, 0.6) is 5.75 Å². The fourth-order valence-electron chi connectivity index (χ4n) is 4.45. The highest BCUT2D eigenvalue weighted by Crippen LogP contribution is 2.22. The van der Waals surface area contributed by atoms with Gasteiger partial charge in [0.2, 0.25) is 21.8 Å². The summed E-state index contributed by atoms with van der Waals surface area (Å²) in [6.07, 6.45) is -0.342. The maximum Gasteiger partial charge on any atom is 0.243 e. The lowest BCUT2D eigenvalue weighted by molar-refractivity contribution is -0.131. The summed E-state index contributed by atoms with van der Waals surface area (Å²) in [6.45, 7) is 9.25. The van der Waals surface area contributed by atoms with Crippen LogP contribution in [0.25, 0.3) is 0 Å². The molecule has 1 unspecified atom stereocenters. The molecule has 0 saturated heterocycles. The van der Waals surface area contributed by atoms with Crippen molar-refractivity contribution in [3.63, 3.8) is 0 Å². The number of benzene rings is 2. The molecule has 0 aromatic heterocycles. The van der Waals surface area contributed by atoms with Crippen LogP contribution in [0.3, 0.4) is 0 Å². The second kappa shape index (κ2) is 16.6. The van der Waals surface area contributed by atoms with E-state index in [0.29, 0.717) is 12.2 Å². The molecule has 2 amide bonds. The Morgan fingerprint density at radius 2 is 1.55 bits per heavy atom. The van der Waals surface area contributed by atoms with Crippen LogP contribution in [-0.2, 0) is 26.0 Å². The van der Waals surface area contributed by atoms with Crippen molar-refractivity contribution in [1.82, 2.24) is 20.3 Å². The standard InChI is InChI=1S/C31H48N4O6S/c1-8-22(4)29(34-30(37)23(5)32-6)31(38)33-27(18-24-12-10-9-11-13-24)28(36)20-35(19-21(2)3)42(39,40)26-16-14-25(41-7)15-17-26/h9-17,21-23,27-29,32,36H,8,18-20H2,1-7H3,(H,33,38)(H,34,37)/t22?,23-,27+,28-,29+/m1/s1. The second-order valence-electron chi connectivity index (χ2n) is 11.1. The molecule has 4 N–H and O–H groups in total. The number of amides is 2. The van der Waals surface area contributed by atoms with Crippen molar-refractivity contribution in [2.24, 2.45) is 11.8 Å². The summed E-state index contributed by atoms with van der Waals surface area (Å²) in [6, 6.07) is 13.3. The van der Waals surface area contributed by atoms with Gasteiger partial charge in [-0.25, -0.2) is 8.42 Å². The minimum absolute atomic E-state index is 0.0217. The van der Waals surface area contributed by atoms with Crippen molar-refractivity contribution in [2.45, 2.75) is 76.6 Å². The lowest BCUT2D eigenvalue weighted by Gasteiger charge is -2.32. The van der Waals surface area contributed by atoms with Crippen molar-refractivity contribution in [2.75, 3.05) is 27.2 Å². The molecule has 0 aliphatic rings. The van der Waals surface area contributed by atoms with Gasteiger partial charge in [-0.1, -0.05) is 64.4 Å². The number of carbonyl (C=O) groups is 2. The normalized spacial score (nSPS) is 15.5. The smallest absolute Gasteiger partial charge is 0.243 e. The molecular formula is C31H48N4O6S. The van der Waals surface area contributed by atoms with E-state index >= 15 is 0 Å². The molecule has 234 valence electrons. The zero-order valence-electron chi connectivity index (χ0n) is 25.8. The van der Waals surface area contributed by atoms with E-state index in [2.05, 4.69) is 16.0 Å². The van der Waals surface area contributed by atoms with Gasteiger partial charge in [-0.2, -0.15) is 4.31 Å². The van der Waals surface area contributed by atoms with E-state index in [1.165, 1.54) is 23.5 Å². The summed E-state index contributed by atoms with van der Waals surface area (Å²) in [5.41, 5.74) is 0.864. The topological polar surface area (TPSA) is 137 Å². The predicted molar refractivity (Wildman–Crippen MR) is 165 cm³/mol. The monoisotopic (exact) mass is 604 g/mol. The van der Waals surface area contributed by atoms with Crippen molar-refractivity contribution in [3.8, 4) is 5.75 Å².